The Kier molecular flexibility index (Phi) is 5.97. The third-order valence-corrected chi connectivity index (χ3v) is 3.66. The number of nitrogens with zero attached hydrogens (tertiary/aromatic N) is 2. The first-order valence-electron chi connectivity index (χ1n) is 8.25. The molecule has 1 aromatic carbocycles. The number of amides is 1. The summed E-state index contributed by atoms with van der Waals surface area (Å²) in [5, 5.41) is 15.7. The van der Waals surface area contributed by atoms with Gasteiger partial charge >= 0.3 is 5.97 Å². The van der Waals surface area contributed by atoms with Gasteiger partial charge in [-0.05, 0) is 24.6 Å². The van der Waals surface area contributed by atoms with Crippen LogP contribution >= 0.6 is 0 Å². The average Bonchev–Trinajstić information content (AvgIpc) is 3.04. The van der Waals surface area contributed by atoms with E-state index in [0.717, 1.165) is 0 Å². The second-order valence-corrected chi connectivity index (χ2v) is 6.88. The molecule has 0 radical (unpaired) electrons. The van der Waals surface area contributed by atoms with E-state index in [1.54, 1.807) is 0 Å². The molecule has 2 aromatic rings. The number of benzene rings is 1. The van der Waals surface area contributed by atoms with Crippen LogP contribution in [0.25, 0.3) is 0 Å². The lowest BCUT2D eigenvalue weighted by Gasteiger charge is -2.11. The highest BCUT2D eigenvalue weighted by Gasteiger charge is 2.20. The number of nitrogens with one attached hydrogen (secondary N) is 1. The number of aromatic nitrogens is 2. The molecule has 1 heterocycles. The van der Waals surface area contributed by atoms with E-state index in [1.165, 1.54) is 25.3 Å². The fourth-order valence-corrected chi connectivity index (χ4v) is 2.20. The van der Waals surface area contributed by atoms with E-state index in [9.17, 15) is 9.59 Å². The summed E-state index contributed by atoms with van der Waals surface area (Å²) in [6, 6.07) is 4.28. The lowest BCUT2D eigenvalue weighted by atomic mass is 9.96. The van der Waals surface area contributed by atoms with Gasteiger partial charge in [0.1, 0.15) is 5.75 Å². The quantitative estimate of drug-likeness (QED) is 0.779. The van der Waals surface area contributed by atoms with Gasteiger partial charge in [0.15, 0.2) is 5.82 Å². The third kappa shape index (κ3) is 5.05. The minimum absolute atomic E-state index is 0.0888. The predicted octanol–water partition coefficient (Wildman–Crippen LogP) is 3.04. The van der Waals surface area contributed by atoms with Crippen molar-refractivity contribution in [3.05, 3.63) is 35.5 Å². The fraction of sp³-hybridized carbons (Fsp3) is 0.444. The lowest BCUT2D eigenvalue weighted by molar-refractivity contribution is -0.116. The van der Waals surface area contributed by atoms with Crippen LogP contribution in [0.3, 0.4) is 0 Å². The molecule has 1 aromatic heterocycles. The monoisotopic (exact) mass is 361 g/mol. The van der Waals surface area contributed by atoms with Crippen molar-refractivity contribution in [3.8, 4) is 5.75 Å². The zero-order valence-corrected chi connectivity index (χ0v) is 15.3. The summed E-state index contributed by atoms with van der Waals surface area (Å²) in [5.41, 5.74) is 0.332. The molecule has 8 nitrogen and oxygen atoms in total. The first-order valence-corrected chi connectivity index (χ1v) is 8.25. The first-order chi connectivity index (χ1) is 12.2. The van der Waals surface area contributed by atoms with Crippen LogP contribution in [0.2, 0.25) is 0 Å². The molecule has 0 spiro atoms. The molecular weight excluding hydrogens is 338 g/mol. The van der Waals surface area contributed by atoms with Crippen LogP contribution in [0.5, 0.6) is 5.75 Å². The first kappa shape index (κ1) is 19.4. The number of aryl methyl sites for hydroxylation is 1. The summed E-state index contributed by atoms with van der Waals surface area (Å²) in [5.74, 6) is 0.175. The normalized spacial score (nSPS) is 11.2. The van der Waals surface area contributed by atoms with Crippen LogP contribution in [-0.4, -0.2) is 34.2 Å². The van der Waals surface area contributed by atoms with E-state index in [0.29, 0.717) is 36.0 Å². The van der Waals surface area contributed by atoms with Crippen molar-refractivity contribution in [2.75, 3.05) is 12.4 Å². The molecule has 0 atom stereocenters. The van der Waals surface area contributed by atoms with Crippen LogP contribution in [0.1, 0.15) is 55.7 Å². The topological polar surface area (TPSA) is 115 Å². The van der Waals surface area contributed by atoms with Crippen molar-refractivity contribution < 1.29 is 24.0 Å². The zero-order chi connectivity index (χ0) is 19.3. The minimum atomic E-state index is -1.06. The predicted molar refractivity (Wildman–Crippen MR) is 94.5 cm³/mol. The maximum absolute atomic E-state index is 12.1. The molecule has 8 heteroatoms. The standard InChI is InChI=1S/C18H23N3O5/c1-18(2,3)17-20-15(26-21-17)7-5-6-14(22)19-12-9-8-11(16(23)24)10-13(12)25-4/h8-10H,5-7H2,1-4H3,(H,19,22)(H,23,24). The maximum atomic E-state index is 12.1. The number of methoxy groups -OCH3 is 1. The van der Waals surface area contributed by atoms with Gasteiger partial charge in [-0.3, -0.25) is 4.79 Å². The number of rotatable bonds is 7. The molecule has 0 aliphatic carbocycles. The Labute approximate surface area is 151 Å². The molecule has 0 unspecified atom stereocenters. The van der Waals surface area contributed by atoms with Crippen LogP contribution < -0.4 is 10.1 Å². The van der Waals surface area contributed by atoms with Crippen molar-refractivity contribution >= 4 is 17.6 Å². The molecule has 0 aliphatic rings. The number of hydrogen-bond acceptors (Lipinski definition) is 6. The Morgan fingerprint density at radius 2 is 2.04 bits per heavy atom. The summed E-state index contributed by atoms with van der Waals surface area (Å²) >= 11 is 0. The third-order valence-electron chi connectivity index (χ3n) is 3.66. The highest BCUT2D eigenvalue weighted by Crippen LogP contribution is 2.26. The summed E-state index contributed by atoms with van der Waals surface area (Å²) in [6.45, 7) is 5.99. The van der Waals surface area contributed by atoms with Gasteiger partial charge in [-0.1, -0.05) is 25.9 Å². The van der Waals surface area contributed by atoms with Crippen LogP contribution in [0, 0.1) is 0 Å². The number of ether oxygens (including phenoxy) is 1. The highest BCUT2D eigenvalue weighted by molar-refractivity contribution is 5.94. The molecule has 0 saturated carbocycles. The summed E-state index contributed by atoms with van der Waals surface area (Å²) in [7, 11) is 1.42. The molecule has 0 aliphatic heterocycles. The number of carboxylic acids is 1. The van der Waals surface area contributed by atoms with Crippen LogP contribution in [-0.2, 0) is 16.6 Å². The number of hydrogen-bond donors (Lipinski definition) is 2. The summed E-state index contributed by atoms with van der Waals surface area (Å²) in [4.78, 5) is 27.4. The highest BCUT2D eigenvalue weighted by atomic mass is 16.5. The van der Waals surface area contributed by atoms with E-state index >= 15 is 0 Å². The average molecular weight is 361 g/mol. The number of aromatic carboxylic acids is 1. The van der Waals surface area contributed by atoms with E-state index in [2.05, 4.69) is 15.5 Å². The number of carboxylic acid groups (broad SMARTS) is 1. The second kappa shape index (κ2) is 7.99. The molecule has 2 rings (SSSR count). The largest absolute Gasteiger partial charge is 0.495 e. The SMILES string of the molecule is COc1cc(C(=O)O)ccc1NC(=O)CCCc1nc(C(C)(C)C)no1. The van der Waals surface area contributed by atoms with Crippen molar-refractivity contribution in [1.29, 1.82) is 0 Å². The number of anilines is 1. The van der Waals surface area contributed by atoms with Crippen molar-refractivity contribution in [1.82, 2.24) is 10.1 Å². The molecule has 1 amide bonds. The molecule has 0 bridgehead atoms. The van der Waals surface area contributed by atoms with Gasteiger partial charge in [0.25, 0.3) is 0 Å². The van der Waals surface area contributed by atoms with Gasteiger partial charge in [0.05, 0.1) is 18.4 Å². The van der Waals surface area contributed by atoms with Crippen molar-refractivity contribution in [3.63, 3.8) is 0 Å². The lowest BCUT2D eigenvalue weighted by Crippen LogP contribution is -2.13. The number of carbonyl (C=O) groups excluding carboxylic acids is 1. The van der Waals surface area contributed by atoms with E-state index in [-0.39, 0.29) is 23.3 Å². The Morgan fingerprint density at radius 3 is 2.62 bits per heavy atom. The molecular formula is C18H23N3O5. The Bertz CT molecular complexity index is 792. The molecule has 0 fully saturated rings. The molecule has 0 saturated heterocycles. The molecule has 26 heavy (non-hydrogen) atoms. The Hall–Kier alpha value is -2.90. The molecule has 140 valence electrons. The van der Waals surface area contributed by atoms with Gasteiger partial charge in [0, 0.05) is 18.3 Å². The fourth-order valence-electron chi connectivity index (χ4n) is 2.20. The van der Waals surface area contributed by atoms with E-state index in [4.69, 9.17) is 14.4 Å². The zero-order valence-electron chi connectivity index (χ0n) is 15.3. The molecule has 2 N–H and O–H groups in total. The van der Waals surface area contributed by atoms with Gasteiger partial charge in [0.2, 0.25) is 11.8 Å². The second-order valence-electron chi connectivity index (χ2n) is 6.88. The van der Waals surface area contributed by atoms with Crippen molar-refractivity contribution in [2.45, 2.75) is 45.4 Å². The number of carbonyl (C=O) groups is 2. The van der Waals surface area contributed by atoms with Gasteiger partial charge < -0.3 is 19.7 Å². The van der Waals surface area contributed by atoms with Gasteiger partial charge in [-0.15, -0.1) is 0 Å². The van der Waals surface area contributed by atoms with E-state index < -0.39 is 5.97 Å². The van der Waals surface area contributed by atoms with Gasteiger partial charge in [-0.2, -0.15) is 4.98 Å². The van der Waals surface area contributed by atoms with Crippen LogP contribution in [0.15, 0.2) is 22.7 Å². The maximum Gasteiger partial charge on any atom is 0.335 e. The summed E-state index contributed by atoms with van der Waals surface area (Å²) in [6.07, 6.45) is 1.32. The summed E-state index contributed by atoms with van der Waals surface area (Å²) < 4.78 is 10.3. The van der Waals surface area contributed by atoms with Crippen LogP contribution in [0.4, 0.5) is 5.69 Å². The Morgan fingerprint density at radius 1 is 1.31 bits per heavy atom. The minimum Gasteiger partial charge on any atom is -0.495 e. The van der Waals surface area contributed by atoms with Gasteiger partial charge in [-0.25, -0.2) is 4.79 Å². The van der Waals surface area contributed by atoms with E-state index in [1.807, 2.05) is 20.8 Å². The Balaban J connectivity index is 1.89. The van der Waals surface area contributed by atoms with Crippen molar-refractivity contribution in [2.24, 2.45) is 0 Å². The smallest absolute Gasteiger partial charge is 0.335 e.